The van der Waals surface area contributed by atoms with Gasteiger partial charge in [-0.15, -0.1) is 11.3 Å². The van der Waals surface area contributed by atoms with Crippen LogP contribution < -0.4 is 0 Å². The first-order valence-corrected chi connectivity index (χ1v) is 7.13. The number of halogens is 2. The van der Waals surface area contributed by atoms with E-state index in [4.69, 9.17) is 0 Å². The van der Waals surface area contributed by atoms with Crippen LogP contribution in [-0.4, -0.2) is 0 Å². The van der Waals surface area contributed by atoms with Crippen LogP contribution in [0.25, 0.3) is 15.7 Å². The van der Waals surface area contributed by atoms with E-state index in [9.17, 15) is 8.78 Å². The van der Waals surface area contributed by atoms with Gasteiger partial charge in [-0.2, -0.15) is 0 Å². The topological polar surface area (TPSA) is 0 Å². The Morgan fingerprint density at radius 1 is 1.00 bits per heavy atom. The summed E-state index contributed by atoms with van der Waals surface area (Å²) in [6.07, 6.45) is 6.20. The molecule has 3 heteroatoms. The fourth-order valence-corrected chi connectivity index (χ4v) is 3.48. The second-order valence-electron chi connectivity index (χ2n) is 5.06. The molecule has 0 fully saturated rings. The van der Waals surface area contributed by atoms with Crippen LogP contribution in [-0.2, 0) is 0 Å². The van der Waals surface area contributed by atoms with Crippen molar-refractivity contribution in [2.45, 2.75) is 26.7 Å². The molecule has 0 bridgehead atoms. The fourth-order valence-electron chi connectivity index (χ4n) is 2.36. The molecule has 19 heavy (non-hydrogen) atoms. The molecule has 0 spiro atoms. The van der Waals surface area contributed by atoms with Crippen molar-refractivity contribution in [3.05, 3.63) is 51.9 Å². The third kappa shape index (κ3) is 2.12. The zero-order chi connectivity index (χ0) is 13.6. The normalized spacial score (nSPS) is 15.6. The van der Waals surface area contributed by atoms with Crippen molar-refractivity contribution >= 4 is 27.0 Å². The van der Waals surface area contributed by atoms with Crippen molar-refractivity contribution in [3.63, 3.8) is 0 Å². The standard InChI is InChI=1S/C16H14F2S/c1-9-3-5-11(6-4-9)13-8-12-7-10(2)14(17)15(18)16(12)19-13/h3,5,7-8H,4,6H2,1-2H3. The van der Waals surface area contributed by atoms with E-state index in [1.165, 1.54) is 22.5 Å². The van der Waals surface area contributed by atoms with E-state index in [0.29, 0.717) is 10.3 Å². The lowest BCUT2D eigenvalue weighted by Gasteiger charge is -2.09. The first kappa shape index (κ1) is 12.5. The van der Waals surface area contributed by atoms with E-state index in [0.717, 1.165) is 23.1 Å². The summed E-state index contributed by atoms with van der Waals surface area (Å²) in [4.78, 5) is 1.04. The quantitative estimate of drug-likeness (QED) is 0.635. The van der Waals surface area contributed by atoms with Gasteiger partial charge in [0.05, 0.1) is 4.70 Å². The van der Waals surface area contributed by atoms with Crippen molar-refractivity contribution < 1.29 is 8.78 Å². The van der Waals surface area contributed by atoms with Gasteiger partial charge in [-0.3, -0.25) is 0 Å². The molecule has 1 aromatic carbocycles. The lowest BCUT2D eigenvalue weighted by atomic mass is 9.98. The van der Waals surface area contributed by atoms with Gasteiger partial charge in [0.1, 0.15) is 0 Å². The molecule has 1 heterocycles. The van der Waals surface area contributed by atoms with Crippen molar-refractivity contribution in [2.24, 2.45) is 0 Å². The van der Waals surface area contributed by atoms with E-state index in [1.54, 1.807) is 13.0 Å². The summed E-state index contributed by atoms with van der Waals surface area (Å²) in [6.45, 7) is 3.71. The van der Waals surface area contributed by atoms with E-state index < -0.39 is 11.6 Å². The highest BCUT2D eigenvalue weighted by Gasteiger charge is 2.16. The van der Waals surface area contributed by atoms with Crippen molar-refractivity contribution in [3.8, 4) is 0 Å². The zero-order valence-electron chi connectivity index (χ0n) is 10.9. The van der Waals surface area contributed by atoms with Gasteiger partial charge in [-0.25, -0.2) is 8.78 Å². The molecule has 1 aliphatic carbocycles. The number of benzene rings is 1. The highest BCUT2D eigenvalue weighted by Crippen LogP contribution is 2.37. The van der Waals surface area contributed by atoms with Crippen LogP contribution in [0.4, 0.5) is 8.78 Å². The maximum atomic E-state index is 13.9. The second kappa shape index (κ2) is 4.57. The molecule has 0 saturated carbocycles. The number of hydrogen-bond acceptors (Lipinski definition) is 1. The average molecular weight is 276 g/mol. The average Bonchev–Trinajstić information content (AvgIpc) is 2.81. The molecule has 0 radical (unpaired) electrons. The number of hydrogen-bond donors (Lipinski definition) is 0. The summed E-state index contributed by atoms with van der Waals surface area (Å²) in [5.41, 5.74) is 2.94. The zero-order valence-corrected chi connectivity index (χ0v) is 11.7. The van der Waals surface area contributed by atoms with E-state index in [2.05, 4.69) is 19.1 Å². The van der Waals surface area contributed by atoms with Crippen LogP contribution in [0, 0.1) is 18.6 Å². The molecule has 0 atom stereocenters. The molecule has 0 N–H and O–H groups in total. The Bertz CT molecular complexity index is 720. The first-order valence-electron chi connectivity index (χ1n) is 6.31. The molecule has 98 valence electrons. The van der Waals surface area contributed by atoms with Crippen molar-refractivity contribution in [2.75, 3.05) is 0 Å². The summed E-state index contributed by atoms with van der Waals surface area (Å²) in [5.74, 6) is -1.44. The third-order valence-electron chi connectivity index (χ3n) is 3.55. The highest BCUT2D eigenvalue weighted by atomic mass is 32.1. The number of aryl methyl sites for hydroxylation is 1. The Morgan fingerprint density at radius 3 is 2.47 bits per heavy atom. The molecule has 3 rings (SSSR count). The summed E-state index contributed by atoms with van der Waals surface area (Å²) in [7, 11) is 0. The lowest BCUT2D eigenvalue weighted by molar-refractivity contribution is 0.512. The summed E-state index contributed by atoms with van der Waals surface area (Å²) >= 11 is 1.34. The Balaban J connectivity index is 2.15. The Morgan fingerprint density at radius 2 is 1.79 bits per heavy atom. The first-order chi connectivity index (χ1) is 9.06. The summed E-state index contributed by atoms with van der Waals surface area (Å²) in [5, 5.41) is 0.795. The Kier molecular flexibility index (Phi) is 3.02. The number of fused-ring (bicyclic) bond motifs is 1. The molecule has 0 amide bonds. The third-order valence-corrected chi connectivity index (χ3v) is 4.76. The predicted molar refractivity (Wildman–Crippen MR) is 77.4 cm³/mol. The molecule has 1 aromatic heterocycles. The van der Waals surface area contributed by atoms with E-state index in [-0.39, 0.29) is 0 Å². The van der Waals surface area contributed by atoms with Crippen molar-refractivity contribution in [1.29, 1.82) is 0 Å². The number of rotatable bonds is 1. The fraction of sp³-hybridized carbons (Fsp3) is 0.250. The molecule has 0 unspecified atom stereocenters. The molecule has 2 aromatic rings. The van der Waals surface area contributed by atoms with Crippen LogP contribution in [0.15, 0.2) is 29.9 Å². The minimum absolute atomic E-state index is 0.364. The largest absolute Gasteiger partial charge is 0.203 e. The van der Waals surface area contributed by atoms with Crippen LogP contribution in [0.1, 0.15) is 30.2 Å². The van der Waals surface area contributed by atoms with Crippen LogP contribution in [0.3, 0.4) is 0 Å². The van der Waals surface area contributed by atoms with E-state index in [1.807, 2.05) is 6.07 Å². The van der Waals surface area contributed by atoms with Gasteiger partial charge in [-0.1, -0.05) is 17.7 Å². The predicted octanol–water partition coefficient (Wildman–Crippen LogP) is 5.61. The monoisotopic (exact) mass is 276 g/mol. The van der Waals surface area contributed by atoms with Crippen LogP contribution >= 0.6 is 11.3 Å². The minimum Gasteiger partial charge on any atom is -0.203 e. The Labute approximate surface area is 115 Å². The number of allylic oxidation sites excluding steroid dienone is 4. The maximum absolute atomic E-state index is 13.9. The lowest BCUT2D eigenvalue weighted by Crippen LogP contribution is -1.88. The minimum atomic E-state index is -0.728. The molecule has 1 aliphatic rings. The van der Waals surface area contributed by atoms with Crippen LogP contribution in [0.2, 0.25) is 0 Å². The van der Waals surface area contributed by atoms with Crippen molar-refractivity contribution in [1.82, 2.24) is 0 Å². The highest BCUT2D eigenvalue weighted by molar-refractivity contribution is 7.20. The smallest absolute Gasteiger partial charge is 0.176 e. The molecular weight excluding hydrogens is 262 g/mol. The SMILES string of the molecule is CC1=CC=C(c2cc3cc(C)c(F)c(F)c3s2)CC1. The molecule has 0 nitrogen and oxygen atoms in total. The van der Waals surface area contributed by atoms with Crippen LogP contribution in [0.5, 0.6) is 0 Å². The summed E-state index contributed by atoms with van der Waals surface area (Å²) in [6, 6.07) is 3.69. The molecular formula is C16H14F2S. The summed E-state index contributed by atoms with van der Waals surface area (Å²) < 4.78 is 27.9. The number of thiophene rings is 1. The van der Waals surface area contributed by atoms with E-state index >= 15 is 0 Å². The van der Waals surface area contributed by atoms with Gasteiger partial charge in [0.25, 0.3) is 0 Å². The van der Waals surface area contributed by atoms with Gasteiger partial charge in [0.15, 0.2) is 11.6 Å². The molecule has 0 saturated heterocycles. The van der Waals surface area contributed by atoms with Gasteiger partial charge in [0, 0.05) is 4.88 Å². The maximum Gasteiger partial charge on any atom is 0.176 e. The van der Waals surface area contributed by atoms with Gasteiger partial charge in [-0.05, 0) is 55.3 Å². The van der Waals surface area contributed by atoms with Gasteiger partial charge < -0.3 is 0 Å². The molecule has 0 aliphatic heterocycles. The van der Waals surface area contributed by atoms with Gasteiger partial charge >= 0.3 is 0 Å². The van der Waals surface area contributed by atoms with Gasteiger partial charge in [0.2, 0.25) is 0 Å². The second-order valence-corrected chi connectivity index (χ2v) is 6.11. The Hall–Kier alpha value is -1.48.